The number of hydrogen-bond acceptors (Lipinski definition) is 2. The topological polar surface area (TPSA) is 20.3 Å². The van der Waals surface area contributed by atoms with E-state index in [-0.39, 0.29) is 0 Å². The molecule has 0 radical (unpaired) electrons. The molecule has 0 atom stereocenters. The number of nitrogens with zero attached hydrogens (tertiary/aromatic N) is 1. The van der Waals surface area contributed by atoms with Gasteiger partial charge in [0.05, 0.1) is 0 Å². The van der Waals surface area contributed by atoms with Crippen molar-refractivity contribution in [3.8, 4) is 0 Å². The lowest BCUT2D eigenvalue weighted by molar-refractivity contribution is -0.130. The number of carbonyl (C=O) groups is 1. The van der Waals surface area contributed by atoms with E-state index in [1.807, 2.05) is 43.4 Å². The van der Waals surface area contributed by atoms with Gasteiger partial charge in [0.2, 0.25) is 0 Å². The van der Waals surface area contributed by atoms with Crippen LogP contribution in [0.4, 0.5) is 0 Å². The van der Waals surface area contributed by atoms with E-state index >= 15 is 0 Å². The van der Waals surface area contributed by atoms with E-state index < -0.39 is 0 Å². The van der Waals surface area contributed by atoms with Crippen LogP contribution in [0.25, 0.3) is 0 Å². The Balaban J connectivity index is 1.64. The summed E-state index contributed by atoms with van der Waals surface area (Å²) < 4.78 is 0. The maximum atomic E-state index is 12.4. The van der Waals surface area contributed by atoms with Gasteiger partial charge in [-0.3, -0.25) is 4.79 Å². The Morgan fingerprint density at radius 2 is 1.53 bits per heavy atom. The van der Waals surface area contributed by atoms with Gasteiger partial charge in [-0.15, -0.1) is 0 Å². The van der Waals surface area contributed by atoms with Gasteiger partial charge < -0.3 is 4.90 Å². The van der Waals surface area contributed by atoms with Gasteiger partial charge in [0.25, 0.3) is 0 Å². The first-order valence-corrected chi connectivity index (χ1v) is 7.68. The van der Waals surface area contributed by atoms with Gasteiger partial charge in [-0.25, -0.2) is 0 Å². The Bertz CT molecular complexity index is 379. The molecule has 19 heavy (non-hydrogen) atoms. The van der Waals surface area contributed by atoms with Gasteiger partial charge in [0.15, 0.2) is 5.78 Å². The zero-order valence-corrected chi connectivity index (χ0v) is 12.1. The molecule has 0 heterocycles. The van der Waals surface area contributed by atoms with Crippen molar-refractivity contribution in [1.82, 2.24) is 4.90 Å². The summed E-state index contributed by atoms with van der Waals surface area (Å²) in [4.78, 5) is 14.4. The van der Waals surface area contributed by atoms with Crippen molar-refractivity contribution in [3.63, 3.8) is 0 Å². The highest BCUT2D eigenvalue weighted by Gasteiger charge is 2.49. The monoisotopic (exact) mass is 259 g/mol. The maximum absolute atomic E-state index is 12.4. The number of hydrogen-bond donors (Lipinski definition) is 0. The zero-order chi connectivity index (χ0) is 13.4. The fraction of sp³-hybridized carbons (Fsp3) is 0.706. The molecule has 0 saturated heterocycles. The molecule has 0 aromatic carbocycles. The van der Waals surface area contributed by atoms with Crippen LogP contribution >= 0.6 is 0 Å². The lowest BCUT2D eigenvalue weighted by Crippen LogP contribution is -2.47. The summed E-state index contributed by atoms with van der Waals surface area (Å²) in [6.45, 7) is 0. The average Bonchev–Trinajstić information content (AvgIpc) is 2.33. The standard InChI is InChI=1S/C17H25NO/c1-18(2)6-4-3-5-16(19)17-14-8-12-7-13(10-14)11-15(17)9-12/h3-6,12-15,17H,7-11H2,1-2H3. The normalized spacial score (nSPS) is 40.4. The van der Waals surface area contributed by atoms with Crippen LogP contribution in [0.15, 0.2) is 24.4 Å². The molecular weight excluding hydrogens is 234 g/mol. The summed E-state index contributed by atoms with van der Waals surface area (Å²) in [5.74, 6) is 4.03. The Morgan fingerprint density at radius 1 is 0.947 bits per heavy atom. The maximum Gasteiger partial charge on any atom is 0.159 e. The molecule has 0 aliphatic heterocycles. The predicted octanol–water partition coefficient (Wildman–Crippen LogP) is 3.26. The highest BCUT2D eigenvalue weighted by atomic mass is 16.1. The molecule has 0 unspecified atom stereocenters. The molecule has 0 N–H and O–H groups in total. The van der Waals surface area contributed by atoms with Crippen molar-refractivity contribution < 1.29 is 4.79 Å². The van der Waals surface area contributed by atoms with E-state index in [9.17, 15) is 4.79 Å². The van der Waals surface area contributed by atoms with Crippen molar-refractivity contribution in [2.24, 2.45) is 29.6 Å². The van der Waals surface area contributed by atoms with Crippen LogP contribution in [0.5, 0.6) is 0 Å². The van der Waals surface area contributed by atoms with E-state index in [4.69, 9.17) is 0 Å². The van der Waals surface area contributed by atoms with Gasteiger partial charge in [-0.2, -0.15) is 0 Å². The minimum Gasteiger partial charge on any atom is -0.383 e. The van der Waals surface area contributed by atoms with Crippen LogP contribution in [0.2, 0.25) is 0 Å². The second kappa shape index (κ2) is 5.15. The molecule has 0 aromatic heterocycles. The molecule has 4 rings (SSSR count). The van der Waals surface area contributed by atoms with Crippen molar-refractivity contribution in [1.29, 1.82) is 0 Å². The molecule has 104 valence electrons. The van der Waals surface area contributed by atoms with Crippen LogP contribution in [0, 0.1) is 29.6 Å². The molecule has 4 aliphatic rings. The van der Waals surface area contributed by atoms with E-state index in [2.05, 4.69) is 0 Å². The third-order valence-corrected chi connectivity index (χ3v) is 5.31. The molecule has 0 amide bonds. The van der Waals surface area contributed by atoms with Gasteiger partial charge in [-0.05, 0) is 74.1 Å². The van der Waals surface area contributed by atoms with E-state index in [0.29, 0.717) is 23.5 Å². The average molecular weight is 259 g/mol. The lowest BCUT2D eigenvalue weighted by atomic mass is 9.51. The molecule has 4 saturated carbocycles. The molecule has 4 fully saturated rings. The third-order valence-electron chi connectivity index (χ3n) is 5.31. The fourth-order valence-corrected chi connectivity index (χ4v) is 4.87. The largest absolute Gasteiger partial charge is 0.383 e. The van der Waals surface area contributed by atoms with Crippen LogP contribution in [0.3, 0.4) is 0 Å². The number of allylic oxidation sites excluding steroid dienone is 3. The van der Waals surface area contributed by atoms with E-state index in [0.717, 1.165) is 11.8 Å². The second-order valence-corrected chi connectivity index (χ2v) is 7.02. The second-order valence-electron chi connectivity index (χ2n) is 7.02. The Morgan fingerprint density at radius 3 is 2.05 bits per heavy atom. The number of ketones is 1. The smallest absolute Gasteiger partial charge is 0.159 e. The quantitative estimate of drug-likeness (QED) is 0.570. The molecular formula is C17H25NO. The first-order valence-electron chi connectivity index (χ1n) is 7.68. The SMILES string of the molecule is CN(C)C=CC=CC(=O)C1C2CC3CC(C2)CC1C3. The lowest BCUT2D eigenvalue weighted by Gasteiger charge is -2.53. The molecule has 4 bridgehead atoms. The van der Waals surface area contributed by atoms with Crippen LogP contribution in [-0.4, -0.2) is 24.8 Å². The summed E-state index contributed by atoms with van der Waals surface area (Å²) in [5, 5.41) is 0. The number of carbonyl (C=O) groups excluding carboxylic acids is 1. The fourth-order valence-electron chi connectivity index (χ4n) is 4.87. The summed E-state index contributed by atoms with van der Waals surface area (Å²) in [6, 6.07) is 0. The highest BCUT2D eigenvalue weighted by molar-refractivity contribution is 5.92. The summed E-state index contributed by atoms with van der Waals surface area (Å²) in [5.41, 5.74) is 0. The summed E-state index contributed by atoms with van der Waals surface area (Å²) in [6.07, 6.45) is 14.4. The van der Waals surface area contributed by atoms with Crippen molar-refractivity contribution in [3.05, 3.63) is 24.4 Å². The van der Waals surface area contributed by atoms with Crippen molar-refractivity contribution >= 4 is 5.78 Å². The minimum atomic E-state index is 0.344. The number of rotatable bonds is 4. The van der Waals surface area contributed by atoms with E-state index in [1.165, 1.54) is 32.1 Å². The molecule has 2 heteroatoms. The predicted molar refractivity (Wildman–Crippen MR) is 77.5 cm³/mol. The van der Waals surface area contributed by atoms with Crippen LogP contribution in [0.1, 0.15) is 32.1 Å². The third kappa shape index (κ3) is 2.63. The van der Waals surface area contributed by atoms with Crippen LogP contribution < -0.4 is 0 Å². The Labute approximate surface area is 116 Å². The first-order chi connectivity index (χ1) is 9.13. The van der Waals surface area contributed by atoms with Crippen molar-refractivity contribution in [2.75, 3.05) is 14.1 Å². The first kappa shape index (κ1) is 13.0. The van der Waals surface area contributed by atoms with Crippen molar-refractivity contribution in [2.45, 2.75) is 32.1 Å². The van der Waals surface area contributed by atoms with E-state index in [1.54, 1.807) is 0 Å². The molecule has 2 nitrogen and oxygen atoms in total. The van der Waals surface area contributed by atoms with Gasteiger partial charge >= 0.3 is 0 Å². The van der Waals surface area contributed by atoms with Gasteiger partial charge in [-0.1, -0.05) is 6.08 Å². The molecule has 4 aliphatic carbocycles. The Hall–Kier alpha value is -1.05. The molecule has 0 aromatic rings. The highest BCUT2D eigenvalue weighted by Crippen LogP contribution is 2.56. The minimum absolute atomic E-state index is 0.344. The summed E-state index contributed by atoms with van der Waals surface area (Å²) >= 11 is 0. The Kier molecular flexibility index (Phi) is 3.51. The van der Waals surface area contributed by atoms with Gasteiger partial charge in [0, 0.05) is 20.0 Å². The zero-order valence-electron chi connectivity index (χ0n) is 12.1. The van der Waals surface area contributed by atoms with Crippen LogP contribution in [-0.2, 0) is 4.79 Å². The van der Waals surface area contributed by atoms with Gasteiger partial charge in [0.1, 0.15) is 0 Å². The molecule has 0 spiro atoms. The summed E-state index contributed by atoms with van der Waals surface area (Å²) in [7, 11) is 3.98.